The summed E-state index contributed by atoms with van der Waals surface area (Å²) in [5, 5.41) is 9.08. The normalized spacial score (nSPS) is 11.1. The van der Waals surface area contributed by atoms with Crippen molar-refractivity contribution in [1.82, 2.24) is 9.97 Å². The van der Waals surface area contributed by atoms with Gasteiger partial charge < -0.3 is 15.1 Å². The number of carboxylic acid groups (broad SMARTS) is 1. The average Bonchev–Trinajstić information content (AvgIpc) is 3.19. The Morgan fingerprint density at radius 2 is 1.83 bits per heavy atom. The van der Waals surface area contributed by atoms with Crippen LogP contribution in [0.1, 0.15) is 18.9 Å². The molecule has 2 aromatic carbocycles. The molecule has 2 heterocycles. The molecule has 0 unspecified atom stereocenters. The molecule has 0 radical (unpaired) electrons. The van der Waals surface area contributed by atoms with Crippen LogP contribution in [-0.2, 0) is 14.8 Å². The lowest BCUT2D eigenvalue weighted by Gasteiger charge is -2.10. The van der Waals surface area contributed by atoms with Gasteiger partial charge in [-0.15, -0.1) is 0 Å². The van der Waals surface area contributed by atoms with Crippen LogP contribution < -0.4 is 10.3 Å². The van der Waals surface area contributed by atoms with E-state index in [4.69, 9.17) is 5.11 Å². The molecule has 0 spiro atoms. The summed E-state index contributed by atoms with van der Waals surface area (Å²) in [6.07, 6.45) is 1.88. The first kappa shape index (κ1) is 21.1. The summed E-state index contributed by atoms with van der Waals surface area (Å²) in [6, 6.07) is 13.6. The molecular weight excluding hydrogens is 406 g/mol. The fourth-order valence-corrected chi connectivity index (χ4v) is 3.99. The van der Waals surface area contributed by atoms with Gasteiger partial charge in [-0.05, 0) is 48.9 Å². The van der Waals surface area contributed by atoms with Crippen molar-refractivity contribution in [2.45, 2.75) is 25.2 Å². The van der Waals surface area contributed by atoms with Crippen molar-refractivity contribution in [1.29, 1.82) is 0 Å². The minimum Gasteiger partial charge on any atom is -0.481 e. The highest BCUT2D eigenvalue weighted by Crippen LogP contribution is 2.25. The highest BCUT2D eigenvalue weighted by molar-refractivity contribution is 7.92. The van der Waals surface area contributed by atoms with Crippen molar-refractivity contribution in [3.63, 3.8) is 0 Å². The lowest BCUT2D eigenvalue weighted by atomic mass is 10.1. The Labute approximate surface area is 172 Å². The van der Waals surface area contributed by atoms with Gasteiger partial charge in [0.1, 0.15) is 5.52 Å². The molecule has 0 atom stereocenters. The van der Waals surface area contributed by atoms with Crippen LogP contribution in [0.15, 0.2) is 64.4 Å². The van der Waals surface area contributed by atoms with Gasteiger partial charge in [-0.25, -0.2) is 8.42 Å². The van der Waals surface area contributed by atoms with E-state index in [1.807, 2.05) is 13.0 Å². The second-order valence-corrected chi connectivity index (χ2v) is 8.33. The van der Waals surface area contributed by atoms with E-state index in [1.165, 1.54) is 6.07 Å². The Hall–Kier alpha value is -3.59. The average molecular weight is 427 g/mol. The van der Waals surface area contributed by atoms with E-state index in [2.05, 4.69) is 14.7 Å². The van der Waals surface area contributed by atoms with Crippen molar-refractivity contribution in [2.24, 2.45) is 0 Å². The Bertz CT molecular complexity index is 1390. The predicted octanol–water partition coefficient (Wildman–Crippen LogP) is 3.60. The van der Waals surface area contributed by atoms with Crippen LogP contribution in [0.3, 0.4) is 0 Å². The summed E-state index contributed by atoms with van der Waals surface area (Å²) in [5.41, 5.74) is 2.25. The molecule has 4 rings (SSSR count). The van der Waals surface area contributed by atoms with Crippen LogP contribution in [0, 0.1) is 6.92 Å². The zero-order valence-corrected chi connectivity index (χ0v) is 17.2. The van der Waals surface area contributed by atoms with E-state index in [-0.39, 0.29) is 16.9 Å². The zero-order chi connectivity index (χ0) is 21.9. The lowest BCUT2D eigenvalue weighted by molar-refractivity contribution is -0.136. The molecule has 30 heavy (non-hydrogen) atoms. The van der Waals surface area contributed by atoms with Gasteiger partial charge in [0.2, 0.25) is 0 Å². The molecule has 4 N–H and O–H groups in total. The maximum atomic E-state index is 12.7. The number of aromatic nitrogens is 2. The number of sulfonamides is 1. The zero-order valence-electron chi connectivity index (χ0n) is 16.4. The lowest BCUT2D eigenvalue weighted by Crippen LogP contribution is -2.13. The number of aromatic amines is 2. The van der Waals surface area contributed by atoms with Crippen molar-refractivity contribution >= 4 is 43.5 Å². The third-order valence-corrected chi connectivity index (χ3v) is 5.77. The highest BCUT2D eigenvalue weighted by Gasteiger charge is 2.16. The van der Waals surface area contributed by atoms with E-state index in [9.17, 15) is 18.0 Å². The van der Waals surface area contributed by atoms with Gasteiger partial charge in [0.15, 0.2) is 0 Å². The Morgan fingerprint density at radius 3 is 2.50 bits per heavy atom. The molecule has 0 bridgehead atoms. The van der Waals surface area contributed by atoms with Gasteiger partial charge in [-0.2, -0.15) is 0 Å². The molecule has 0 saturated carbocycles. The molecule has 8 nitrogen and oxygen atoms in total. The fourth-order valence-electron chi connectivity index (χ4n) is 2.91. The second-order valence-electron chi connectivity index (χ2n) is 6.65. The maximum Gasteiger partial charge on any atom is 0.303 e. The molecule has 2 aromatic heterocycles. The van der Waals surface area contributed by atoms with Crippen LogP contribution >= 0.6 is 0 Å². The largest absolute Gasteiger partial charge is 0.481 e. The smallest absolute Gasteiger partial charge is 0.303 e. The Kier molecular flexibility index (Phi) is 5.93. The summed E-state index contributed by atoms with van der Waals surface area (Å²) in [4.78, 5) is 27.1. The first-order chi connectivity index (χ1) is 14.2. The Morgan fingerprint density at radius 1 is 1.10 bits per heavy atom. The number of pyridine rings is 1. The van der Waals surface area contributed by atoms with Crippen molar-refractivity contribution < 1.29 is 18.3 Å². The SMILES string of the molecule is CCC(=O)O.Cc1cccc(NS(=O)(=O)c2ccc3[nH]c(=O)c4[nH]ccc4c3c2)c1. The van der Waals surface area contributed by atoms with Crippen molar-refractivity contribution in [3.05, 3.63) is 70.6 Å². The molecule has 9 heteroatoms. The van der Waals surface area contributed by atoms with E-state index in [0.29, 0.717) is 27.5 Å². The number of carboxylic acids is 1. The molecule has 156 valence electrons. The fraction of sp³-hybridized carbons (Fsp3) is 0.143. The predicted molar refractivity (Wildman–Crippen MR) is 116 cm³/mol. The number of anilines is 1. The van der Waals surface area contributed by atoms with Crippen LogP contribution in [-0.4, -0.2) is 29.5 Å². The number of hydrogen-bond acceptors (Lipinski definition) is 4. The molecule has 0 amide bonds. The monoisotopic (exact) mass is 427 g/mol. The molecule has 0 saturated heterocycles. The summed E-state index contributed by atoms with van der Waals surface area (Å²) in [7, 11) is -3.74. The van der Waals surface area contributed by atoms with Gasteiger partial charge in [-0.3, -0.25) is 14.3 Å². The number of aryl methyl sites for hydroxylation is 1. The number of fused-ring (bicyclic) bond motifs is 3. The number of benzene rings is 2. The van der Waals surface area contributed by atoms with E-state index >= 15 is 0 Å². The van der Waals surface area contributed by atoms with Crippen molar-refractivity contribution in [3.8, 4) is 0 Å². The molecule has 0 aliphatic rings. The number of rotatable bonds is 4. The highest BCUT2D eigenvalue weighted by atomic mass is 32.2. The van der Waals surface area contributed by atoms with E-state index in [1.54, 1.807) is 49.5 Å². The topological polar surface area (TPSA) is 132 Å². The van der Waals surface area contributed by atoms with Crippen LogP contribution in [0.5, 0.6) is 0 Å². The maximum absolute atomic E-state index is 12.7. The third kappa shape index (κ3) is 4.52. The summed E-state index contributed by atoms with van der Waals surface area (Å²) in [5.74, 6) is -0.745. The van der Waals surface area contributed by atoms with Crippen molar-refractivity contribution in [2.75, 3.05) is 4.72 Å². The van der Waals surface area contributed by atoms with Crippen LogP contribution in [0.25, 0.3) is 21.8 Å². The van der Waals surface area contributed by atoms with Crippen LogP contribution in [0.4, 0.5) is 5.69 Å². The van der Waals surface area contributed by atoms with Gasteiger partial charge in [0.05, 0.1) is 4.90 Å². The minimum atomic E-state index is -3.74. The van der Waals surface area contributed by atoms with E-state index in [0.717, 1.165) is 5.56 Å². The second kappa shape index (κ2) is 8.42. The van der Waals surface area contributed by atoms with Gasteiger partial charge in [-0.1, -0.05) is 19.1 Å². The number of hydrogen-bond donors (Lipinski definition) is 4. The van der Waals surface area contributed by atoms with Gasteiger partial charge in [0, 0.05) is 34.6 Å². The standard InChI is InChI=1S/C18H15N3O3S.C3H6O2/c1-11-3-2-4-12(9-11)21-25(23,24)13-5-6-16-15(10-13)14-7-8-19-17(14)18(22)20-16;1-2-3(4)5/h2-10,19,21H,1H3,(H,20,22);2H2,1H3,(H,4,5). The first-order valence-electron chi connectivity index (χ1n) is 9.15. The quantitative estimate of drug-likeness (QED) is 0.395. The molecule has 0 fully saturated rings. The van der Waals surface area contributed by atoms with Gasteiger partial charge >= 0.3 is 5.97 Å². The number of aliphatic carboxylic acids is 1. The van der Waals surface area contributed by atoms with Gasteiger partial charge in [0.25, 0.3) is 15.6 Å². The summed E-state index contributed by atoms with van der Waals surface area (Å²) >= 11 is 0. The molecule has 4 aromatic rings. The number of carbonyl (C=O) groups is 1. The molecule has 0 aliphatic heterocycles. The summed E-state index contributed by atoms with van der Waals surface area (Å²) < 4.78 is 28.0. The molecular formula is C21H21N3O5S. The Balaban J connectivity index is 0.000000461. The number of H-pyrrole nitrogens is 2. The summed E-state index contributed by atoms with van der Waals surface area (Å²) in [6.45, 7) is 3.50. The molecule has 0 aliphatic carbocycles. The third-order valence-electron chi connectivity index (χ3n) is 4.39. The minimum absolute atomic E-state index is 0.135. The van der Waals surface area contributed by atoms with E-state index < -0.39 is 16.0 Å². The first-order valence-corrected chi connectivity index (χ1v) is 10.6. The van der Waals surface area contributed by atoms with Crippen LogP contribution in [0.2, 0.25) is 0 Å². The number of nitrogens with one attached hydrogen (secondary N) is 3.